The van der Waals surface area contributed by atoms with Gasteiger partial charge in [0.2, 0.25) is 0 Å². The Bertz CT molecular complexity index is 298. The van der Waals surface area contributed by atoms with Crippen LogP contribution in [-0.2, 0) is 10.9 Å². The smallest absolute Gasteiger partial charge is 0.365 e. The molecule has 0 spiro atoms. The number of hydrogen-bond acceptors (Lipinski definition) is 2. The number of nitrogens with one attached hydrogen (secondary N) is 1. The number of halogens is 3. The predicted octanol–water partition coefficient (Wildman–Crippen LogP) is 2.72. The van der Waals surface area contributed by atoms with Crippen LogP contribution >= 0.6 is 0 Å². The maximum absolute atomic E-state index is 12.4. The van der Waals surface area contributed by atoms with Crippen LogP contribution in [0.1, 0.15) is 5.56 Å². The number of ether oxygens (including phenoxy) is 1. The quantitative estimate of drug-likeness (QED) is 0.766. The van der Waals surface area contributed by atoms with Crippen molar-refractivity contribution < 1.29 is 17.9 Å². The molecule has 0 bridgehead atoms. The molecule has 1 N–H and O–H groups in total. The molecule has 0 aliphatic heterocycles. The van der Waals surface area contributed by atoms with Crippen LogP contribution in [0.3, 0.4) is 0 Å². The monoisotopic (exact) mass is 205 g/mol. The van der Waals surface area contributed by atoms with Crippen LogP contribution in [0.25, 0.3) is 0 Å². The summed E-state index contributed by atoms with van der Waals surface area (Å²) >= 11 is 0. The van der Waals surface area contributed by atoms with Gasteiger partial charge in [-0.3, -0.25) is 0 Å². The van der Waals surface area contributed by atoms with Crippen molar-refractivity contribution in [3.8, 4) is 0 Å². The molecule has 5 heteroatoms. The number of methoxy groups -OCH3 is 1. The van der Waals surface area contributed by atoms with Crippen molar-refractivity contribution in [3.05, 3.63) is 29.8 Å². The summed E-state index contributed by atoms with van der Waals surface area (Å²) in [7, 11) is 1.41. The molecule has 1 aromatic carbocycles. The van der Waals surface area contributed by atoms with Gasteiger partial charge < -0.3 is 10.1 Å². The first-order valence-corrected chi connectivity index (χ1v) is 3.94. The molecular formula is C9H10F3NO. The third-order valence-electron chi connectivity index (χ3n) is 1.64. The molecular weight excluding hydrogens is 195 g/mol. The van der Waals surface area contributed by atoms with Gasteiger partial charge in [-0.05, 0) is 12.1 Å². The van der Waals surface area contributed by atoms with E-state index in [1.165, 1.54) is 25.3 Å². The summed E-state index contributed by atoms with van der Waals surface area (Å²) in [5.41, 5.74) is -0.654. The van der Waals surface area contributed by atoms with E-state index in [1.807, 2.05) is 0 Å². The van der Waals surface area contributed by atoms with Crippen molar-refractivity contribution in [3.63, 3.8) is 0 Å². The molecule has 0 heterocycles. The molecule has 1 aromatic rings. The molecule has 0 fully saturated rings. The molecule has 0 saturated heterocycles. The van der Waals surface area contributed by atoms with Gasteiger partial charge in [0, 0.05) is 12.8 Å². The highest BCUT2D eigenvalue weighted by Crippen LogP contribution is 2.34. The number of alkyl halides is 3. The molecule has 0 saturated carbocycles. The highest BCUT2D eigenvalue weighted by molar-refractivity contribution is 5.52. The lowest BCUT2D eigenvalue weighted by Crippen LogP contribution is -2.12. The lowest BCUT2D eigenvalue weighted by Gasteiger charge is -2.13. The van der Waals surface area contributed by atoms with Gasteiger partial charge in [-0.2, -0.15) is 13.2 Å². The molecule has 0 atom stereocenters. The van der Waals surface area contributed by atoms with Gasteiger partial charge in [0.05, 0.1) is 5.56 Å². The van der Waals surface area contributed by atoms with E-state index in [9.17, 15) is 13.2 Å². The molecule has 1 rings (SSSR count). The van der Waals surface area contributed by atoms with Gasteiger partial charge in [0.15, 0.2) is 0 Å². The van der Waals surface area contributed by atoms with Crippen LogP contribution in [0.4, 0.5) is 18.9 Å². The SMILES string of the molecule is COCNc1ccccc1C(F)(F)F. The van der Waals surface area contributed by atoms with E-state index in [2.05, 4.69) is 10.1 Å². The van der Waals surface area contributed by atoms with Crippen LogP contribution in [0.5, 0.6) is 0 Å². The van der Waals surface area contributed by atoms with Gasteiger partial charge in [-0.1, -0.05) is 12.1 Å². The fourth-order valence-electron chi connectivity index (χ4n) is 1.03. The molecule has 78 valence electrons. The Labute approximate surface area is 79.7 Å². The van der Waals surface area contributed by atoms with Crippen molar-refractivity contribution in [1.82, 2.24) is 0 Å². The Morgan fingerprint density at radius 1 is 1.29 bits per heavy atom. The first-order chi connectivity index (χ1) is 6.55. The highest BCUT2D eigenvalue weighted by Gasteiger charge is 2.32. The summed E-state index contributed by atoms with van der Waals surface area (Å²) < 4.78 is 41.8. The molecule has 0 amide bonds. The summed E-state index contributed by atoms with van der Waals surface area (Å²) in [6.07, 6.45) is -4.34. The standard InChI is InChI=1S/C9H10F3NO/c1-14-6-13-8-5-3-2-4-7(8)9(10,11)12/h2-5,13H,6H2,1H3. The fraction of sp³-hybridized carbons (Fsp3) is 0.333. The van der Waals surface area contributed by atoms with E-state index >= 15 is 0 Å². The van der Waals surface area contributed by atoms with Crippen molar-refractivity contribution in [1.29, 1.82) is 0 Å². The van der Waals surface area contributed by atoms with Gasteiger partial charge in [-0.15, -0.1) is 0 Å². The first kappa shape index (κ1) is 10.8. The fourth-order valence-corrected chi connectivity index (χ4v) is 1.03. The second-order valence-corrected chi connectivity index (χ2v) is 2.65. The average Bonchev–Trinajstić information content (AvgIpc) is 2.14. The van der Waals surface area contributed by atoms with Gasteiger partial charge in [-0.25, -0.2) is 0 Å². The van der Waals surface area contributed by atoms with E-state index in [1.54, 1.807) is 0 Å². The van der Waals surface area contributed by atoms with Crippen LogP contribution in [0.15, 0.2) is 24.3 Å². The summed E-state index contributed by atoms with van der Waals surface area (Å²) in [5, 5.41) is 2.53. The lowest BCUT2D eigenvalue weighted by atomic mass is 10.2. The minimum atomic E-state index is -4.34. The van der Waals surface area contributed by atoms with Gasteiger partial charge in [0.25, 0.3) is 0 Å². The van der Waals surface area contributed by atoms with Crippen LogP contribution < -0.4 is 5.32 Å². The van der Waals surface area contributed by atoms with E-state index in [-0.39, 0.29) is 12.4 Å². The Balaban J connectivity index is 2.92. The lowest BCUT2D eigenvalue weighted by molar-refractivity contribution is -0.137. The van der Waals surface area contributed by atoms with E-state index in [0.29, 0.717) is 0 Å². The molecule has 0 aromatic heterocycles. The van der Waals surface area contributed by atoms with E-state index < -0.39 is 11.7 Å². The first-order valence-electron chi connectivity index (χ1n) is 3.94. The number of hydrogen-bond donors (Lipinski definition) is 1. The maximum Gasteiger partial charge on any atom is 0.418 e. The van der Waals surface area contributed by atoms with Gasteiger partial charge in [0.1, 0.15) is 6.73 Å². The number of para-hydroxylation sites is 1. The summed E-state index contributed by atoms with van der Waals surface area (Å²) in [6.45, 7) is 0.0487. The maximum atomic E-state index is 12.4. The van der Waals surface area contributed by atoms with Gasteiger partial charge >= 0.3 is 6.18 Å². The summed E-state index contributed by atoms with van der Waals surface area (Å²) in [5.74, 6) is 0. The highest BCUT2D eigenvalue weighted by atomic mass is 19.4. The Morgan fingerprint density at radius 3 is 2.50 bits per heavy atom. The van der Waals surface area contributed by atoms with Crippen molar-refractivity contribution >= 4 is 5.69 Å². The summed E-state index contributed by atoms with van der Waals surface area (Å²) in [4.78, 5) is 0. The zero-order chi connectivity index (χ0) is 10.6. The average molecular weight is 205 g/mol. The second-order valence-electron chi connectivity index (χ2n) is 2.65. The van der Waals surface area contributed by atoms with Crippen molar-refractivity contribution in [2.75, 3.05) is 19.2 Å². The molecule has 14 heavy (non-hydrogen) atoms. The van der Waals surface area contributed by atoms with Crippen molar-refractivity contribution in [2.45, 2.75) is 6.18 Å². The molecule has 0 aliphatic carbocycles. The second kappa shape index (κ2) is 4.32. The molecule has 0 aliphatic rings. The zero-order valence-corrected chi connectivity index (χ0v) is 7.56. The minimum Gasteiger partial charge on any atom is -0.365 e. The number of benzene rings is 1. The Kier molecular flexibility index (Phi) is 3.35. The zero-order valence-electron chi connectivity index (χ0n) is 7.56. The van der Waals surface area contributed by atoms with Crippen LogP contribution in [0, 0.1) is 0 Å². The predicted molar refractivity (Wildman–Crippen MR) is 46.9 cm³/mol. The number of rotatable bonds is 3. The van der Waals surface area contributed by atoms with E-state index in [0.717, 1.165) is 6.07 Å². The van der Waals surface area contributed by atoms with Crippen LogP contribution in [0.2, 0.25) is 0 Å². The van der Waals surface area contributed by atoms with Crippen molar-refractivity contribution in [2.24, 2.45) is 0 Å². The number of anilines is 1. The summed E-state index contributed by atoms with van der Waals surface area (Å²) in [6, 6.07) is 5.27. The molecule has 0 radical (unpaired) electrons. The normalized spacial score (nSPS) is 11.4. The van der Waals surface area contributed by atoms with E-state index in [4.69, 9.17) is 0 Å². The topological polar surface area (TPSA) is 21.3 Å². The van der Waals surface area contributed by atoms with Crippen LogP contribution in [-0.4, -0.2) is 13.8 Å². The molecule has 2 nitrogen and oxygen atoms in total. The molecule has 0 unspecified atom stereocenters. The third kappa shape index (κ3) is 2.63. The Morgan fingerprint density at radius 2 is 1.93 bits per heavy atom. The third-order valence-corrected chi connectivity index (χ3v) is 1.64. The largest absolute Gasteiger partial charge is 0.418 e. The Hall–Kier alpha value is -1.23. The minimum absolute atomic E-state index is 0.0295.